The van der Waals surface area contributed by atoms with Gasteiger partial charge in [0.15, 0.2) is 0 Å². The highest BCUT2D eigenvalue weighted by molar-refractivity contribution is 5.81. The van der Waals surface area contributed by atoms with Gasteiger partial charge < -0.3 is 10.5 Å². The maximum absolute atomic E-state index is 5.92. The van der Waals surface area contributed by atoms with Gasteiger partial charge in [0.25, 0.3) is 0 Å². The van der Waals surface area contributed by atoms with Crippen LogP contribution in [0.3, 0.4) is 0 Å². The molecule has 2 aromatic rings. The van der Waals surface area contributed by atoms with Gasteiger partial charge in [-0.2, -0.15) is 0 Å². The molecule has 0 aliphatic heterocycles. The van der Waals surface area contributed by atoms with E-state index in [1.807, 2.05) is 30.5 Å². The Bertz CT molecular complexity index is 530. The molecule has 0 radical (unpaired) electrons. The van der Waals surface area contributed by atoms with Crippen molar-refractivity contribution in [1.29, 1.82) is 0 Å². The molecule has 1 aromatic carbocycles. The summed E-state index contributed by atoms with van der Waals surface area (Å²) in [6, 6.07) is 10.2. The highest BCUT2D eigenvalue weighted by Crippen LogP contribution is 2.30. The minimum absolute atomic E-state index is 0.394. The predicted molar refractivity (Wildman–Crippen MR) is 72.1 cm³/mol. The van der Waals surface area contributed by atoms with Crippen LogP contribution in [0, 0.1) is 5.92 Å². The van der Waals surface area contributed by atoms with E-state index in [4.69, 9.17) is 10.5 Å². The van der Waals surface area contributed by atoms with Gasteiger partial charge in [-0.3, -0.25) is 4.98 Å². The van der Waals surface area contributed by atoms with Crippen molar-refractivity contribution in [2.75, 3.05) is 6.54 Å². The zero-order valence-electron chi connectivity index (χ0n) is 10.4. The molecule has 0 atom stereocenters. The molecule has 0 spiro atoms. The van der Waals surface area contributed by atoms with E-state index < -0.39 is 0 Å². The number of hydrogen-bond acceptors (Lipinski definition) is 3. The molecule has 94 valence electrons. The average molecular weight is 242 g/mol. The first kappa shape index (κ1) is 11.6. The van der Waals surface area contributed by atoms with E-state index in [1.54, 1.807) is 0 Å². The molecule has 0 bridgehead atoms. The highest BCUT2D eigenvalue weighted by Gasteiger charge is 2.28. The minimum atomic E-state index is 0.394. The number of rotatable bonds is 4. The molecule has 3 heteroatoms. The Morgan fingerprint density at radius 3 is 2.89 bits per heavy atom. The van der Waals surface area contributed by atoms with Gasteiger partial charge in [0.2, 0.25) is 0 Å². The van der Waals surface area contributed by atoms with Crippen molar-refractivity contribution in [3.8, 4) is 0 Å². The number of fused-ring (bicyclic) bond motifs is 1. The number of nitrogens with two attached hydrogens (primary N) is 1. The largest absolute Gasteiger partial charge is 0.373 e. The van der Waals surface area contributed by atoms with Crippen LogP contribution in [-0.2, 0) is 11.3 Å². The first-order chi connectivity index (χ1) is 8.86. The van der Waals surface area contributed by atoms with Crippen molar-refractivity contribution >= 4 is 10.9 Å². The van der Waals surface area contributed by atoms with Gasteiger partial charge >= 0.3 is 0 Å². The Kier molecular flexibility index (Phi) is 3.26. The second-order valence-electron chi connectivity index (χ2n) is 4.99. The van der Waals surface area contributed by atoms with E-state index in [-0.39, 0.29) is 0 Å². The van der Waals surface area contributed by atoms with Crippen molar-refractivity contribution in [2.45, 2.75) is 25.6 Å². The molecule has 18 heavy (non-hydrogen) atoms. The Morgan fingerprint density at radius 1 is 1.22 bits per heavy atom. The fourth-order valence-corrected chi connectivity index (χ4v) is 2.49. The van der Waals surface area contributed by atoms with Crippen LogP contribution < -0.4 is 5.73 Å². The summed E-state index contributed by atoms with van der Waals surface area (Å²) in [7, 11) is 0. The average Bonchev–Trinajstić information content (AvgIpc) is 2.37. The van der Waals surface area contributed by atoms with Crippen molar-refractivity contribution in [3.05, 3.63) is 42.1 Å². The summed E-state index contributed by atoms with van der Waals surface area (Å²) in [5.41, 5.74) is 7.87. The normalized spacial score (nSPS) is 22.9. The molecule has 0 amide bonds. The van der Waals surface area contributed by atoms with Gasteiger partial charge in [0.05, 0.1) is 18.2 Å². The molecule has 1 fully saturated rings. The summed E-state index contributed by atoms with van der Waals surface area (Å²) >= 11 is 0. The fourth-order valence-electron chi connectivity index (χ4n) is 2.49. The molecule has 1 aromatic heterocycles. The third-order valence-electron chi connectivity index (χ3n) is 3.74. The second kappa shape index (κ2) is 5.04. The van der Waals surface area contributed by atoms with Gasteiger partial charge in [0, 0.05) is 11.6 Å². The Balaban J connectivity index is 1.68. The summed E-state index contributed by atoms with van der Waals surface area (Å²) < 4.78 is 5.92. The van der Waals surface area contributed by atoms with Crippen LogP contribution in [0.5, 0.6) is 0 Å². The standard InChI is InChI=1S/C15H18N2O/c16-9-11-7-13(8-11)18-10-12-5-6-17-15-4-2-1-3-14(12)15/h1-6,11,13H,7-10,16H2. The first-order valence-electron chi connectivity index (χ1n) is 6.51. The number of ether oxygens (including phenoxy) is 1. The third-order valence-corrected chi connectivity index (χ3v) is 3.74. The lowest BCUT2D eigenvalue weighted by Gasteiger charge is -2.34. The smallest absolute Gasteiger partial charge is 0.0727 e. The molecule has 3 nitrogen and oxygen atoms in total. The van der Waals surface area contributed by atoms with Crippen LogP contribution in [0.2, 0.25) is 0 Å². The van der Waals surface area contributed by atoms with Crippen molar-refractivity contribution in [2.24, 2.45) is 11.7 Å². The maximum Gasteiger partial charge on any atom is 0.0727 e. The van der Waals surface area contributed by atoms with Gasteiger partial charge in [-0.05, 0) is 43.0 Å². The van der Waals surface area contributed by atoms with E-state index in [0.29, 0.717) is 18.6 Å². The molecule has 2 N–H and O–H groups in total. The number of hydrogen-bond donors (Lipinski definition) is 1. The number of benzene rings is 1. The molecular formula is C15H18N2O. The molecular weight excluding hydrogens is 224 g/mol. The van der Waals surface area contributed by atoms with E-state index >= 15 is 0 Å². The zero-order valence-corrected chi connectivity index (χ0v) is 10.4. The summed E-state index contributed by atoms with van der Waals surface area (Å²) in [6.07, 6.45) is 4.47. The second-order valence-corrected chi connectivity index (χ2v) is 4.99. The molecule has 1 aliphatic rings. The van der Waals surface area contributed by atoms with Gasteiger partial charge in [0.1, 0.15) is 0 Å². The van der Waals surface area contributed by atoms with Gasteiger partial charge in [-0.15, -0.1) is 0 Å². The van der Waals surface area contributed by atoms with Gasteiger partial charge in [-0.25, -0.2) is 0 Å². The van der Waals surface area contributed by atoms with E-state index in [2.05, 4.69) is 11.1 Å². The lowest BCUT2D eigenvalue weighted by atomic mass is 9.82. The molecule has 0 saturated heterocycles. The quantitative estimate of drug-likeness (QED) is 0.896. The van der Waals surface area contributed by atoms with Gasteiger partial charge in [-0.1, -0.05) is 18.2 Å². The van der Waals surface area contributed by atoms with Crippen LogP contribution in [-0.4, -0.2) is 17.6 Å². The molecule has 3 rings (SSSR count). The van der Waals surface area contributed by atoms with Crippen LogP contribution >= 0.6 is 0 Å². The Hall–Kier alpha value is -1.45. The Morgan fingerprint density at radius 2 is 2.06 bits per heavy atom. The Labute approximate surface area is 107 Å². The first-order valence-corrected chi connectivity index (χ1v) is 6.51. The molecule has 1 heterocycles. The number of pyridine rings is 1. The topological polar surface area (TPSA) is 48.1 Å². The number of para-hydroxylation sites is 1. The highest BCUT2D eigenvalue weighted by atomic mass is 16.5. The third kappa shape index (κ3) is 2.24. The summed E-state index contributed by atoms with van der Waals surface area (Å²) in [5.74, 6) is 0.671. The van der Waals surface area contributed by atoms with Crippen molar-refractivity contribution in [3.63, 3.8) is 0 Å². The van der Waals surface area contributed by atoms with Crippen LogP contribution in [0.25, 0.3) is 10.9 Å². The number of aromatic nitrogens is 1. The molecule has 1 aliphatic carbocycles. The predicted octanol–water partition coefficient (Wildman–Crippen LogP) is 2.49. The van der Waals surface area contributed by atoms with E-state index in [9.17, 15) is 0 Å². The molecule has 1 saturated carbocycles. The van der Waals surface area contributed by atoms with Crippen molar-refractivity contribution < 1.29 is 4.74 Å². The number of nitrogens with zero attached hydrogens (tertiary/aromatic N) is 1. The van der Waals surface area contributed by atoms with E-state index in [1.165, 1.54) is 10.9 Å². The summed E-state index contributed by atoms with van der Waals surface area (Å²) in [5, 5.41) is 1.19. The monoisotopic (exact) mass is 242 g/mol. The fraction of sp³-hybridized carbons (Fsp3) is 0.400. The van der Waals surface area contributed by atoms with E-state index in [0.717, 1.165) is 24.9 Å². The lowest BCUT2D eigenvalue weighted by molar-refractivity contribution is -0.0372. The van der Waals surface area contributed by atoms with Crippen LogP contribution in [0.1, 0.15) is 18.4 Å². The maximum atomic E-state index is 5.92. The van der Waals surface area contributed by atoms with Crippen molar-refractivity contribution in [1.82, 2.24) is 4.98 Å². The summed E-state index contributed by atoms with van der Waals surface area (Å²) in [4.78, 5) is 4.36. The van der Waals surface area contributed by atoms with Crippen LogP contribution in [0.15, 0.2) is 36.5 Å². The zero-order chi connectivity index (χ0) is 12.4. The minimum Gasteiger partial charge on any atom is -0.373 e. The SMILES string of the molecule is NCC1CC(OCc2ccnc3ccccc23)C1. The molecule has 0 unspecified atom stereocenters. The summed E-state index contributed by atoms with van der Waals surface area (Å²) in [6.45, 7) is 1.46. The lowest BCUT2D eigenvalue weighted by Crippen LogP contribution is -2.35. The van der Waals surface area contributed by atoms with Crippen LogP contribution in [0.4, 0.5) is 0 Å².